The summed E-state index contributed by atoms with van der Waals surface area (Å²) in [5.41, 5.74) is 1.47. The molecule has 0 radical (unpaired) electrons. The number of carbonyl (C=O) groups is 1. The summed E-state index contributed by atoms with van der Waals surface area (Å²) in [6.45, 7) is 1.80. The Kier molecular flexibility index (Phi) is 6.65. The van der Waals surface area contributed by atoms with Crippen molar-refractivity contribution < 1.29 is 9.72 Å². The summed E-state index contributed by atoms with van der Waals surface area (Å²) < 4.78 is 0. The Balaban J connectivity index is 2.15. The summed E-state index contributed by atoms with van der Waals surface area (Å²) >= 11 is 0. The van der Waals surface area contributed by atoms with Crippen LogP contribution < -0.4 is 0 Å². The maximum atomic E-state index is 12.8. The molecule has 0 aromatic heterocycles. The third kappa shape index (κ3) is 5.69. The van der Waals surface area contributed by atoms with Crippen LogP contribution in [-0.4, -0.2) is 47.8 Å². The summed E-state index contributed by atoms with van der Waals surface area (Å²) in [7, 11) is 3.90. The van der Waals surface area contributed by atoms with Crippen molar-refractivity contribution in [2.24, 2.45) is 0 Å². The van der Waals surface area contributed by atoms with Gasteiger partial charge in [-0.2, -0.15) is 0 Å². The van der Waals surface area contributed by atoms with Crippen molar-refractivity contribution in [1.82, 2.24) is 9.80 Å². The van der Waals surface area contributed by atoms with Gasteiger partial charge in [0.15, 0.2) is 0 Å². The maximum Gasteiger partial charge on any atom is 0.273 e. The molecule has 0 aliphatic rings. The predicted octanol–water partition coefficient (Wildman–Crippen LogP) is 2.73. The van der Waals surface area contributed by atoms with Crippen LogP contribution in [0.25, 0.3) is 0 Å². The van der Waals surface area contributed by atoms with Crippen molar-refractivity contribution in [3.8, 4) is 0 Å². The van der Waals surface area contributed by atoms with Crippen LogP contribution in [0.5, 0.6) is 0 Å². The van der Waals surface area contributed by atoms with Gasteiger partial charge in [0.05, 0.1) is 11.3 Å². The molecular formula is C19H23N3O3. The van der Waals surface area contributed by atoms with E-state index in [-0.39, 0.29) is 18.0 Å². The number of rotatable bonds is 8. The van der Waals surface area contributed by atoms with E-state index in [9.17, 15) is 14.9 Å². The molecule has 0 unspecified atom stereocenters. The third-order valence-electron chi connectivity index (χ3n) is 3.92. The van der Waals surface area contributed by atoms with E-state index in [0.29, 0.717) is 18.7 Å². The first-order chi connectivity index (χ1) is 12.0. The van der Waals surface area contributed by atoms with Gasteiger partial charge in [0, 0.05) is 31.3 Å². The van der Waals surface area contributed by atoms with Gasteiger partial charge in [0.1, 0.15) is 0 Å². The van der Waals surface area contributed by atoms with Gasteiger partial charge >= 0.3 is 0 Å². The molecule has 132 valence electrons. The fourth-order valence-corrected chi connectivity index (χ4v) is 2.53. The van der Waals surface area contributed by atoms with Gasteiger partial charge in [0.2, 0.25) is 5.91 Å². The average Bonchev–Trinajstić information content (AvgIpc) is 2.59. The second kappa shape index (κ2) is 8.94. The minimum Gasteiger partial charge on any atom is -0.337 e. The molecule has 0 saturated carbocycles. The summed E-state index contributed by atoms with van der Waals surface area (Å²) in [5, 5.41) is 11.2. The minimum atomic E-state index is -0.441. The molecule has 0 saturated heterocycles. The van der Waals surface area contributed by atoms with E-state index in [1.807, 2.05) is 49.3 Å². The summed E-state index contributed by atoms with van der Waals surface area (Å²) in [6.07, 6.45) is 0.0252. The van der Waals surface area contributed by atoms with Crippen molar-refractivity contribution >= 4 is 11.6 Å². The Morgan fingerprint density at radius 3 is 2.28 bits per heavy atom. The molecule has 0 N–H and O–H groups in total. The van der Waals surface area contributed by atoms with Crippen LogP contribution in [0.3, 0.4) is 0 Å². The van der Waals surface area contributed by atoms with E-state index in [0.717, 1.165) is 12.1 Å². The zero-order valence-corrected chi connectivity index (χ0v) is 14.6. The van der Waals surface area contributed by atoms with Crippen molar-refractivity contribution in [1.29, 1.82) is 0 Å². The smallest absolute Gasteiger partial charge is 0.273 e. The fourth-order valence-electron chi connectivity index (χ4n) is 2.53. The Labute approximate surface area is 147 Å². The van der Waals surface area contributed by atoms with Gasteiger partial charge in [-0.05, 0) is 19.7 Å². The van der Waals surface area contributed by atoms with Crippen LogP contribution in [0.15, 0.2) is 54.6 Å². The van der Waals surface area contributed by atoms with E-state index in [1.54, 1.807) is 23.1 Å². The molecule has 0 spiro atoms. The van der Waals surface area contributed by atoms with Crippen LogP contribution in [0.1, 0.15) is 11.1 Å². The summed E-state index contributed by atoms with van der Waals surface area (Å²) in [6, 6.07) is 16.2. The number of benzene rings is 2. The van der Waals surface area contributed by atoms with Crippen molar-refractivity contribution in [3.05, 3.63) is 75.8 Å². The van der Waals surface area contributed by atoms with Crippen molar-refractivity contribution in [3.63, 3.8) is 0 Å². The van der Waals surface area contributed by atoms with E-state index in [2.05, 4.69) is 0 Å². The first-order valence-electron chi connectivity index (χ1n) is 8.16. The number of nitrogens with zero attached hydrogens (tertiary/aromatic N) is 3. The molecule has 2 aromatic carbocycles. The zero-order valence-electron chi connectivity index (χ0n) is 14.6. The standard InChI is InChI=1S/C19H23N3O3/c1-20(2)12-13-21(15-16-8-4-3-5-9-16)19(23)14-17-10-6-7-11-18(17)22(24)25/h3-11H,12-15H2,1-2H3. The molecule has 6 nitrogen and oxygen atoms in total. The predicted molar refractivity (Wildman–Crippen MR) is 97.2 cm³/mol. The van der Waals surface area contributed by atoms with E-state index in [1.165, 1.54) is 6.07 Å². The monoisotopic (exact) mass is 341 g/mol. The Morgan fingerprint density at radius 2 is 1.64 bits per heavy atom. The van der Waals surface area contributed by atoms with Crippen molar-refractivity contribution in [2.75, 3.05) is 27.2 Å². The van der Waals surface area contributed by atoms with Crippen LogP contribution in [0.2, 0.25) is 0 Å². The largest absolute Gasteiger partial charge is 0.337 e. The zero-order chi connectivity index (χ0) is 18.2. The molecular weight excluding hydrogens is 318 g/mol. The van der Waals surface area contributed by atoms with Gasteiger partial charge in [-0.3, -0.25) is 14.9 Å². The molecule has 1 amide bonds. The molecule has 0 atom stereocenters. The number of nitro groups is 1. The number of carbonyl (C=O) groups excluding carboxylic acids is 1. The molecule has 2 aromatic rings. The average molecular weight is 341 g/mol. The highest BCUT2D eigenvalue weighted by Gasteiger charge is 2.20. The summed E-state index contributed by atoms with van der Waals surface area (Å²) in [4.78, 5) is 27.3. The Bertz CT molecular complexity index is 717. The second-order valence-electron chi connectivity index (χ2n) is 6.17. The number of nitro benzene ring substituents is 1. The highest BCUT2D eigenvalue weighted by atomic mass is 16.6. The fraction of sp³-hybridized carbons (Fsp3) is 0.316. The molecule has 0 aliphatic carbocycles. The molecule has 0 aliphatic heterocycles. The highest BCUT2D eigenvalue weighted by Crippen LogP contribution is 2.19. The molecule has 0 heterocycles. The number of hydrogen-bond donors (Lipinski definition) is 0. The van der Waals surface area contributed by atoms with Gasteiger partial charge < -0.3 is 9.80 Å². The molecule has 0 fully saturated rings. The first-order valence-corrected chi connectivity index (χ1v) is 8.16. The second-order valence-corrected chi connectivity index (χ2v) is 6.17. The van der Waals surface area contributed by atoms with Crippen LogP contribution >= 0.6 is 0 Å². The molecule has 2 rings (SSSR count). The molecule has 25 heavy (non-hydrogen) atoms. The first kappa shape index (κ1) is 18.6. The Hall–Kier alpha value is -2.73. The third-order valence-corrected chi connectivity index (χ3v) is 3.92. The lowest BCUT2D eigenvalue weighted by molar-refractivity contribution is -0.385. The van der Waals surface area contributed by atoms with Gasteiger partial charge in [0.25, 0.3) is 5.69 Å². The maximum absolute atomic E-state index is 12.8. The van der Waals surface area contributed by atoms with Crippen LogP contribution in [0.4, 0.5) is 5.69 Å². The van der Waals surface area contributed by atoms with Crippen LogP contribution in [0, 0.1) is 10.1 Å². The normalized spacial score (nSPS) is 10.7. The van der Waals surface area contributed by atoms with E-state index < -0.39 is 4.92 Å². The minimum absolute atomic E-state index is 0.0110. The van der Waals surface area contributed by atoms with Crippen LogP contribution in [-0.2, 0) is 17.8 Å². The van der Waals surface area contributed by atoms with E-state index >= 15 is 0 Å². The lowest BCUT2D eigenvalue weighted by Gasteiger charge is -2.24. The number of hydrogen-bond acceptors (Lipinski definition) is 4. The van der Waals surface area contributed by atoms with E-state index in [4.69, 9.17) is 0 Å². The molecule has 0 bridgehead atoms. The van der Waals surface area contributed by atoms with Gasteiger partial charge in [-0.25, -0.2) is 0 Å². The number of amides is 1. The SMILES string of the molecule is CN(C)CCN(Cc1ccccc1)C(=O)Cc1ccccc1[N+](=O)[O-]. The van der Waals surface area contributed by atoms with Gasteiger partial charge in [-0.1, -0.05) is 48.5 Å². The number of para-hydroxylation sites is 1. The van der Waals surface area contributed by atoms with Gasteiger partial charge in [-0.15, -0.1) is 0 Å². The molecule has 6 heteroatoms. The number of likely N-dealkylation sites (N-methyl/N-ethyl adjacent to an activating group) is 1. The highest BCUT2D eigenvalue weighted by molar-refractivity contribution is 5.80. The Morgan fingerprint density at radius 1 is 1.00 bits per heavy atom. The quantitative estimate of drug-likeness (QED) is 0.547. The topological polar surface area (TPSA) is 66.7 Å². The lowest BCUT2D eigenvalue weighted by Crippen LogP contribution is -2.37. The lowest BCUT2D eigenvalue weighted by atomic mass is 10.1. The summed E-state index contributed by atoms with van der Waals surface area (Å²) in [5.74, 6) is -0.111. The van der Waals surface area contributed by atoms with Crippen molar-refractivity contribution in [2.45, 2.75) is 13.0 Å².